The van der Waals surface area contributed by atoms with E-state index in [1.807, 2.05) is 19.9 Å². The average Bonchev–Trinajstić information content (AvgIpc) is 2.60. The van der Waals surface area contributed by atoms with Crippen LogP contribution in [0.4, 0.5) is 5.69 Å². The van der Waals surface area contributed by atoms with Crippen LogP contribution in [0.3, 0.4) is 0 Å². The van der Waals surface area contributed by atoms with Crippen LogP contribution >= 0.6 is 15.9 Å². The third-order valence-electron chi connectivity index (χ3n) is 3.62. The zero-order valence-corrected chi connectivity index (χ0v) is 16.0. The molecule has 7 nitrogen and oxygen atoms in total. The van der Waals surface area contributed by atoms with E-state index in [4.69, 9.17) is 4.74 Å². The second-order valence-electron chi connectivity index (χ2n) is 5.51. The van der Waals surface area contributed by atoms with Gasteiger partial charge in [0.05, 0.1) is 17.8 Å². The van der Waals surface area contributed by atoms with Crippen LogP contribution in [-0.4, -0.2) is 30.2 Å². The molecule has 2 rings (SSSR count). The van der Waals surface area contributed by atoms with Crippen molar-refractivity contribution in [2.24, 2.45) is 5.10 Å². The Morgan fingerprint density at radius 1 is 1.15 bits per heavy atom. The molecule has 0 bridgehead atoms. The Morgan fingerprint density at radius 2 is 1.88 bits per heavy atom. The lowest BCUT2D eigenvalue weighted by Crippen LogP contribution is -2.32. The van der Waals surface area contributed by atoms with Crippen LogP contribution in [0.1, 0.15) is 16.7 Å². The van der Waals surface area contributed by atoms with Gasteiger partial charge in [-0.2, -0.15) is 5.10 Å². The van der Waals surface area contributed by atoms with E-state index < -0.39 is 11.8 Å². The number of phenols is 1. The number of carbonyl (C=O) groups excluding carboxylic acids is 2. The van der Waals surface area contributed by atoms with Gasteiger partial charge >= 0.3 is 11.8 Å². The Morgan fingerprint density at radius 3 is 2.54 bits per heavy atom. The number of amides is 2. The predicted molar refractivity (Wildman–Crippen MR) is 103 cm³/mol. The summed E-state index contributed by atoms with van der Waals surface area (Å²) in [5, 5.41) is 16.0. The lowest BCUT2D eigenvalue weighted by atomic mass is 10.1. The molecular weight excluding hydrogens is 402 g/mol. The first-order valence-corrected chi connectivity index (χ1v) is 8.39. The SMILES string of the molecule is COc1cc(/C=N/NC(=O)C(=O)Nc2ccc(C)c(C)c2)cc(Br)c1O. The monoisotopic (exact) mass is 419 g/mol. The van der Waals surface area contributed by atoms with Gasteiger partial charge < -0.3 is 15.2 Å². The van der Waals surface area contributed by atoms with E-state index in [0.717, 1.165) is 11.1 Å². The molecule has 0 radical (unpaired) electrons. The number of hydrazone groups is 1. The van der Waals surface area contributed by atoms with Crippen molar-refractivity contribution in [3.63, 3.8) is 0 Å². The number of aromatic hydroxyl groups is 1. The summed E-state index contributed by atoms with van der Waals surface area (Å²) in [4.78, 5) is 23.7. The highest BCUT2D eigenvalue weighted by Gasteiger charge is 2.13. The van der Waals surface area contributed by atoms with E-state index in [2.05, 4.69) is 31.8 Å². The highest BCUT2D eigenvalue weighted by atomic mass is 79.9. The Hall–Kier alpha value is -2.87. The molecule has 0 fully saturated rings. The number of aryl methyl sites for hydroxylation is 2. The maximum atomic E-state index is 11.9. The van der Waals surface area contributed by atoms with E-state index in [0.29, 0.717) is 15.7 Å². The zero-order valence-electron chi connectivity index (χ0n) is 14.5. The number of ether oxygens (including phenoxy) is 1. The summed E-state index contributed by atoms with van der Waals surface area (Å²) >= 11 is 3.19. The van der Waals surface area contributed by atoms with Gasteiger partial charge in [0.2, 0.25) is 0 Å². The smallest absolute Gasteiger partial charge is 0.329 e. The number of phenolic OH excluding ortho intramolecular Hbond substituents is 1. The van der Waals surface area contributed by atoms with Gasteiger partial charge in [-0.05, 0) is 70.7 Å². The minimum atomic E-state index is -0.899. The quantitative estimate of drug-likeness (QED) is 0.402. The fourth-order valence-electron chi connectivity index (χ4n) is 2.05. The van der Waals surface area contributed by atoms with Gasteiger partial charge in [-0.15, -0.1) is 0 Å². The molecule has 0 heterocycles. The molecule has 0 unspecified atom stereocenters. The number of halogens is 1. The summed E-state index contributed by atoms with van der Waals surface area (Å²) in [6.07, 6.45) is 1.33. The van der Waals surface area contributed by atoms with E-state index >= 15 is 0 Å². The highest BCUT2D eigenvalue weighted by Crippen LogP contribution is 2.34. The molecule has 0 aromatic heterocycles. The summed E-state index contributed by atoms with van der Waals surface area (Å²) in [5.41, 5.74) is 5.34. The van der Waals surface area contributed by atoms with Crippen molar-refractivity contribution in [2.45, 2.75) is 13.8 Å². The van der Waals surface area contributed by atoms with Crippen molar-refractivity contribution >= 4 is 39.6 Å². The molecule has 3 N–H and O–H groups in total. The van der Waals surface area contributed by atoms with E-state index in [-0.39, 0.29) is 11.5 Å². The topological polar surface area (TPSA) is 100 Å². The molecule has 2 aromatic rings. The van der Waals surface area contributed by atoms with Crippen LogP contribution in [0.15, 0.2) is 39.9 Å². The van der Waals surface area contributed by atoms with Gasteiger partial charge in [0.15, 0.2) is 11.5 Å². The van der Waals surface area contributed by atoms with Gasteiger partial charge in [0, 0.05) is 5.69 Å². The molecule has 0 spiro atoms. The molecule has 26 heavy (non-hydrogen) atoms. The second-order valence-corrected chi connectivity index (χ2v) is 6.36. The van der Waals surface area contributed by atoms with Gasteiger partial charge in [-0.25, -0.2) is 5.43 Å². The van der Waals surface area contributed by atoms with Crippen molar-refractivity contribution in [3.8, 4) is 11.5 Å². The normalized spacial score (nSPS) is 10.6. The maximum Gasteiger partial charge on any atom is 0.329 e. The number of benzene rings is 2. The summed E-state index contributed by atoms with van der Waals surface area (Å²) in [6.45, 7) is 3.87. The van der Waals surface area contributed by atoms with Gasteiger partial charge in [0.25, 0.3) is 0 Å². The Bertz CT molecular complexity index is 881. The van der Waals surface area contributed by atoms with Crippen LogP contribution in [-0.2, 0) is 9.59 Å². The fraction of sp³-hybridized carbons (Fsp3) is 0.167. The molecule has 136 valence electrons. The second kappa shape index (κ2) is 8.48. The number of nitrogens with one attached hydrogen (secondary N) is 2. The number of carbonyl (C=O) groups is 2. The molecule has 8 heteroatoms. The van der Waals surface area contributed by atoms with E-state index in [9.17, 15) is 14.7 Å². The van der Waals surface area contributed by atoms with Crippen LogP contribution < -0.4 is 15.5 Å². The fourth-order valence-corrected chi connectivity index (χ4v) is 2.51. The summed E-state index contributed by atoms with van der Waals surface area (Å²) in [6, 6.07) is 8.48. The van der Waals surface area contributed by atoms with Gasteiger partial charge in [-0.1, -0.05) is 6.07 Å². The number of nitrogens with zero attached hydrogens (tertiary/aromatic N) is 1. The molecule has 0 saturated heterocycles. The molecule has 0 saturated carbocycles. The Labute approximate surface area is 159 Å². The largest absolute Gasteiger partial charge is 0.503 e. The van der Waals surface area contributed by atoms with Crippen LogP contribution in [0.25, 0.3) is 0 Å². The van der Waals surface area contributed by atoms with Crippen molar-refractivity contribution in [1.29, 1.82) is 0 Å². The van der Waals surface area contributed by atoms with E-state index in [1.54, 1.807) is 18.2 Å². The molecular formula is C18H18BrN3O4. The first-order chi connectivity index (χ1) is 12.3. The zero-order chi connectivity index (χ0) is 19.3. The number of rotatable bonds is 4. The number of hydrogen-bond donors (Lipinski definition) is 3. The molecule has 0 aliphatic carbocycles. The molecule has 2 aromatic carbocycles. The summed E-state index contributed by atoms with van der Waals surface area (Å²) in [7, 11) is 1.42. The molecule has 0 atom stereocenters. The Balaban J connectivity index is 1.99. The summed E-state index contributed by atoms with van der Waals surface area (Å²) in [5.74, 6) is -1.51. The molecule has 0 aliphatic heterocycles. The van der Waals surface area contributed by atoms with Crippen molar-refractivity contribution in [1.82, 2.24) is 5.43 Å². The van der Waals surface area contributed by atoms with Crippen molar-refractivity contribution in [2.75, 3.05) is 12.4 Å². The number of hydrogen-bond acceptors (Lipinski definition) is 5. The Kier molecular flexibility index (Phi) is 6.35. The third-order valence-corrected chi connectivity index (χ3v) is 4.23. The average molecular weight is 420 g/mol. The molecule has 0 aliphatic rings. The molecule has 2 amide bonds. The van der Waals surface area contributed by atoms with Crippen LogP contribution in [0, 0.1) is 13.8 Å². The third kappa shape index (κ3) is 4.82. The van der Waals surface area contributed by atoms with Crippen LogP contribution in [0.5, 0.6) is 11.5 Å². The van der Waals surface area contributed by atoms with Crippen LogP contribution in [0.2, 0.25) is 0 Å². The van der Waals surface area contributed by atoms with Gasteiger partial charge in [-0.3, -0.25) is 9.59 Å². The number of anilines is 1. The standard InChI is InChI=1S/C18H18BrN3O4/c1-10-4-5-13(6-11(10)2)21-17(24)18(25)22-20-9-12-7-14(19)16(23)15(8-12)26-3/h4-9,23H,1-3H3,(H,21,24)(H,22,25)/b20-9+. The van der Waals surface area contributed by atoms with E-state index in [1.165, 1.54) is 19.4 Å². The van der Waals surface area contributed by atoms with Crippen molar-refractivity contribution < 1.29 is 19.4 Å². The van der Waals surface area contributed by atoms with Gasteiger partial charge in [0.1, 0.15) is 0 Å². The predicted octanol–water partition coefficient (Wildman–Crippen LogP) is 2.87. The maximum absolute atomic E-state index is 11.9. The number of methoxy groups -OCH3 is 1. The van der Waals surface area contributed by atoms with Crippen molar-refractivity contribution in [3.05, 3.63) is 51.5 Å². The minimum Gasteiger partial charge on any atom is -0.503 e. The summed E-state index contributed by atoms with van der Waals surface area (Å²) < 4.78 is 5.44. The lowest BCUT2D eigenvalue weighted by Gasteiger charge is -2.07. The minimum absolute atomic E-state index is 0.0403. The first-order valence-electron chi connectivity index (χ1n) is 7.60. The highest BCUT2D eigenvalue weighted by molar-refractivity contribution is 9.10. The lowest BCUT2D eigenvalue weighted by molar-refractivity contribution is -0.136. The first kappa shape index (κ1) is 19.5.